The Morgan fingerprint density at radius 1 is 1.62 bits per heavy atom. The monoisotopic (exact) mass is 204 g/mol. The van der Waals surface area contributed by atoms with Gasteiger partial charge in [0.1, 0.15) is 0 Å². The predicted molar refractivity (Wildman–Crippen MR) is 52.9 cm³/mol. The largest absolute Gasteiger partial charge is 0.465 e. The molecule has 0 bridgehead atoms. The van der Waals surface area contributed by atoms with Crippen LogP contribution < -0.4 is 0 Å². The summed E-state index contributed by atoms with van der Waals surface area (Å²) in [5, 5.41) is 0.513. The highest BCUT2D eigenvalue weighted by molar-refractivity contribution is 8.00. The van der Waals surface area contributed by atoms with E-state index in [4.69, 9.17) is 9.47 Å². The van der Waals surface area contributed by atoms with Crippen LogP contribution in [0.15, 0.2) is 0 Å². The van der Waals surface area contributed by atoms with Crippen molar-refractivity contribution in [3.63, 3.8) is 0 Å². The van der Waals surface area contributed by atoms with Crippen molar-refractivity contribution in [3.05, 3.63) is 0 Å². The molecule has 0 aromatic rings. The molecule has 1 rings (SSSR count). The van der Waals surface area contributed by atoms with E-state index in [1.807, 2.05) is 0 Å². The van der Waals surface area contributed by atoms with Gasteiger partial charge in [-0.2, -0.15) is 0 Å². The normalized spacial score (nSPS) is 16.7. The second-order valence-corrected chi connectivity index (χ2v) is 4.33. The number of hydrogen-bond donors (Lipinski definition) is 0. The Morgan fingerprint density at radius 2 is 2.38 bits per heavy atom. The third kappa shape index (κ3) is 4.52. The zero-order chi connectivity index (χ0) is 9.52. The molecule has 0 unspecified atom stereocenters. The molecule has 1 heterocycles. The van der Waals surface area contributed by atoms with Crippen molar-refractivity contribution < 1.29 is 14.3 Å². The van der Waals surface area contributed by atoms with Crippen LogP contribution in [0.4, 0.5) is 0 Å². The predicted octanol–water partition coefficient (Wildman–Crippen LogP) is 1.46. The number of ether oxygens (including phenoxy) is 2. The lowest BCUT2D eigenvalue weighted by atomic mass is 10.4. The Morgan fingerprint density at radius 3 is 2.92 bits per heavy atom. The van der Waals surface area contributed by atoms with E-state index in [2.05, 4.69) is 6.92 Å². The van der Waals surface area contributed by atoms with Crippen LogP contribution in [-0.4, -0.2) is 36.8 Å². The first-order chi connectivity index (χ1) is 6.33. The second-order valence-electron chi connectivity index (χ2n) is 3.04. The van der Waals surface area contributed by atoms with E-state index in [1.165, 1.54) is 0 Å². The minimum Gasteiger partial charge on any atom is -0.465 e. The first-order valence-corrected chi connectivity index (χ1v) is 5.72. The second kappa shape index (κ2) is 6.27. The molecule has 4 heteroatoms. The first-order valence-electron chi connectivity index (χ1n) is 4.68. The van der Waals surface area contributed by atoms with Gasteiger partial charge in [0.2, 0.25) is 0 Å². The SMILES string of the molecule is CCCCOC(=O)CSC1COC1. The maximum atomic E-state index is 11.1. The van der Waals surface area contributed by atoms with Gasteiger partial charge in [-0.05, 0) is 6.42 Å². The van der Waals surface area contributed by atoms with E-state index in [0.29, 0.717) is 17.6 Å². The van der Waals surface area contributed by atoms with Crippen LogP contribution in [0.5, 0.6) is 0 Å². The molecule has 0 amide bonds. The zero-order valence-electron chi connectivity index (χ0n) is 7.95. The lowest BCUT2D eigenvalue weighted by Gasteiger charge is -2.24. The third-order valence-electron chi connectivity index (χ3n) is 1.81. The number of carbonyl (C=O) groups excluding carboxylic acids is 1. The van der Waals surface area contributed by atoms with Gasteiger partial charge in [0.25, 0.3) is 0 Å². The standard InChI is InChI=1S/C9H16O3S/c1-2-3-4-12-9(10)7-13-8-5-11-6-8/h8H,2-7H2,1H3. The van der Waals surface area contributed by atoms with Gasteiger partial charge in [-0.25, -0.2) is 0 Å². The molecule has 0 aromatic carbocycles. The number of thioether (sulfide) groups is 1. The average molecular weight is 204 g/mol. The summed E-state index contributed by atoms with van der Waals surface area (Å²) in [5.41, 5.74) is 0. The third-order valence-corrected chi connectivity index (χ3v) is 2.95. The van der Waals surface area contributed by atoms with E-state index in [9.17, 15) is 4.79 Å². The highest BCUT2D eigenvalue weighted by Gasteiger charge is 2.19. The van der Waals surface area contributed by atoms with Crippen molar-refractivity contribution in [2.24, 2.45) is 0 Å². The Balaban J connectivity index is 1.90. The fourth-order valence-corrected chi connectivity index (χ4v) is 1.71. The fourth-order valence-electron chi connectivity index (χ4n) is 0.868. The molecule has 0 N–H and O–H groups in total. The summed E-state index contributed by atoms with van der Waals surface area (Å²) in [7, 11) is 0. The molecule has 3 nitrogen and oxygen atoms in total. The van der Waals surface area contributed by atoms with Crippen molar-refractivity contribution in [3.8, 4) is 0 Å². The van der Waals surface area contributed by atoms with Crippen molar-refractivity contribution in [2.45, 2.75) is 25.0 Å². The molecule has 0 atom stereocenters. The Kier molecular flexibility index (Phi) is 5.23. The molecule has 1 aliphatic heterocycles. The highest BCUT2D eigenvalue weighted by Crippen LogP contribution is 2.18. The van der Waals surface area contributed by atoms with Crippen LogP contribution in [0.2, 0.25) is 0 Å². The van der Waals surface area contributed by atoms with Crippen LogP contribution in [-0.2, 0) is 14.3 Å². The smallest absolute Gasteiger partial charge is 0.315 e. The Bertz CT molecular complexity index is 157. The van der Waals surface area contributed by atoms with Gasteiger partial charge in [-0.15, -0.1) is 11.8 Å². The van der Waals surface area contributed by atoms with E-state index in [-0.39, 0.29) is 5.97 Å². The van der Waals surface area contributed by atoms with Crippen molar-refractivity contribution in [1.29, 1.82) is 0 Å². The summed E-state index contributed by atoms with van der Waals surface area (Å²) < 4.78 is 9.99. The summed E-state index contributed by atoms with van der Waals surface area (Å²) in [5.74, 6) is 0.378. The number of carbonyl (C=O) groups is 1. The van der Waals surface area contributed by atoms with Gasteiger partial charge < -0.3 is 9.47 Å². The van der Waals surface area contributed by atoms with E-state index in [0.717, 1.165) is 26.1 Å². The fraction of sp³-hybridized carbons (Fsp3) is 0.889. The van der Waals surface area contributed by atoms with Crippen molar-refractivity contribution in [2.75, 3.05) is 25.6 Å². The summed E-state index contributed by atoms with van der Waals surface area (Å²) >= 11 is 1.63. The van der Waals surface area contributed by atoms with Gasteiger partial charge in [-0.3, -0.25) is 4.79 Å². The van der Waals surface area contributed by atoms with E-state index in [1.54, 1.807) is 11.8 Å². The minimum absolute atomic E-state index is 0.0923. The van der Waals surface area contributed by atoms with Gasteiger partial charge >= 0.3 is 5.97 Å². The van der Waals surface area contributed by atoms with Gasteiger partial charge in [0.05, 0.1) is 30.8 Å². The first kappa shape index (κ1) is 10.9. The maximum Gasteiger partial charge on any atom is 0.315 e. The van der Waals surface area contributed by atoms with Gasteiger partial charge in [0, 0.05) is 0 Å². The lowest BCUT2D eigenvalue weighted by Crippen LogP contribution is -2.31. The molecule has 0 aromatic heterocycles. The van der Waals surface area contributed by atoms with Crippen molar-refractivity contribution in [1.82, 2.24) is 0 Å². The highest BCUT2D eigenvalue weighted by atomic mass is 32.2. The van der Waals surface area contributed by atoms with Crippen LogP contribution in [0.25, 0.3) is 0 Å². The molecule has 0 radical (unpaired) electrons. The van der Waals surface area contributed by atoms with Crippen LogP contribution >= 0.6 is 11.8 Å². The molecule has 0 aliphatic carbocycles. The van der Waals surface area contributed by atoms with Gasteiger partial charge in [-0.1, -0.05) is 13.3 Å². The minimum atomic E-state index is -0.0923. The number of hydrogen-bond acceptors (Lipinski definition) is 4. The van der Waals surface area contributed by atoms with Crippen LogP contribution in [0.1, 0.15) is 19.8 Å². The molecule has 0 spiro atoms. The van der Waals surface area contributed by atoms with Crippen molar-refractivity contribution >= 4 is 17.7 Å². The molecular formula is C9H16O3S. The molecule has 1 aliphatic rings. The number of rotatable bonds is 6. The topological polar surface area (TPSA) is 35.5 Å². The molecule has 76 valence electrons. The molecule has 1 saturated heterocycles. The number of esters is 1. The Labute approximate surface area is 83.2 Å². The lowest BCUT2D eigenvalue weighted by molar-refractivity contribution is -0.140. The quantitative estimate of drug-likeness (QED) is 0.485. The summed E-state index contributed by atoms with van der Waals surface area (Å²) in [6.07, 6.45) is 2.03. The average Bonchev–Trinajstić information content (AvgIpc) is 2.02. The van der Waals surface area contributed by atoms with Crippen LogP contribution in [0.3, 0.4) is 0 Å². The van der Waals surface area contributed by atoms with Gasteiger partial charge in [0.15, 0.2) is 0 Å². The molecule has 13 heavy (non-hydrogen) atoms. The Hall–Kier alpha value is -0.220. The summed E-state index contributed by atoms with van der Waals surface area (Å²) in [6, 6.07) is 0. The maximum absolute atomic E-state index is 11.1. The molecule has 1 fully saturated rings. The number of unbranched alkanes of at least 4 members (excludes halogenated alkanes) is 1. The van der Waals surface area contributed by atoms with E-state index < -0.39 is 0 Å². The summed E-state index contributed by atoms with van der Waals surface area (Å²) in [4.78, 5) is 11.1. The molecular weight excluding hydrogens is 188 g/mol. The molecule has 0 saturated carbocycles. The van der Waals surface area contributed by atoms with Crippen LogP contribution in [0, 0.1) is 0 Å². The zero-order valence-corrected chi connectivity index (χ0v) is 8.77. The van der Waals surface area contributed by atoms with E-state index >= 15 is 0 Å². The summed E-state index contributed by atoms with van der Waals surface area (Å²) in [6.45, 7) is 4.21.